The van der Waals surface area contributed by atoms with Gasteiger partial charge in [-0.05, 0) is 49.3 Å². The molecule has 1 amide bonds. The standard InChI is InChI=1S/C16H14FN3O/c1-10-8-13(18-9-21)6-7-14-15(10)19-20-16(14)11-2-4-12(17)5-3-11/h2-6,8-9H,7H2,1H3,(H,18,21)(H,19,20). The van der Waals surface area contributed by atoms with Crippen LogP contribution in [0.2, 0.25) is 0 Å². The molecule has 1 heterocycles. The van der Waals surface area contributed by atoms with Crippen molar-refractivity contribution in [1.29, 1.82) is 0 Å². The smallest absolute Gasteiger partial charge is 0.211 e. The average molecular weight is 283 g/mol. The van der Waals surface area contributed by atoms with Crippen LogP contribution < -0.4 is 5.32 Å². The molecule has 1 aromatic carbocycles. The third-order valence-electron chi connectivity index (χ3n) is 3.50. The fourth-order valence-electron chi connectivity index (χ4n) is 2.49. The number of hydrogen-bond acceptors (Lipinski definition) is 2. The summed E-state index contributed by atoms with van der Waals surface area (Å²) in [5, 5.41) is 10.0. The van der Waals surface area contributed by atoms with Crippen molar-refractivity contribution in [2.75, 3.05) is 0 Å². The summed E-state index contributed by atoms with van der Waals surface area (Å²) in [6.45, 7) is 1.94. The quantitative estimate of drug-likeness (QED) is 0.851. The van der Waals surface area contributed by atoms with E-state index in [1.54, 1.807) is 12.1 Å². The van der Waals surface area contributed by atoms with Gasteiger partial charge in [0.25, 0.3) is 0 Å². The molecular formula is C16H14FN3O. The van der Waals surface area contributed by atoms with Gasteiger partial charge in [-0.3, -0.25) is 9.89 Å². The maximum absolute atomic E-state index is 13.0. The molecule has 0 unspecified atom stereocenters. The monoisotopic (exact) mass is 283 g/mol. The lowest BCUT2D eigenvalue weighted by Crippen LogP contribution is -2.08. The molecule has 2 N–H and O–H groups in total. The van der Waals surface area contributed by atoms with Crippen molar-refractivity contribution in [2.45, 2.75) is 13.3 Å². The number of aromatic amines is 1. The van der Waals surface area contributed by atoms with Crippen LogP contribution in [0.25, 0.3) is 16.8 Å². The van der Waals surface area contributed by atoms with Gasteiger partial charge in [0.05, 0.1) is 11.4 Å². The molecule has 0 bridgehead atoms. The summed E-state index contributed by atoms with van der Waals surface area (Å²) in [5.74, 6) is -0.266. The minimum absolute atomic E-state index is 0.266. The van der Waals surface area contributed by atoms with Crippen LogP contribution >= 0.6 is 0 Å². The molecule has 3 rings (SSSR count). The van der Waals surface area contributed by atoms with E-state index < -0.39 is 0 Å². The van der Waals surface area contributed by atoms with E-state index in [1.807, 2.05) is 19.1 Å². The first-order chi connectivity index (χ1) is 10.2. The second-order valence-corrected chi connectivity index (χ2v) is 4.89. The molecule has 1 aliphatic carbocycles. The number of nitrogens with one attached hydrogen (secondary N) is 2. The SMILES string of the molecule is CC1=CC(NC=O)=CCc2c1n[nH]c2-c1ccc(F)cc1. The number of rotatable bonds is 3. The minimum Gasteiger partial charge on any atom is -0.329 e. The first-order valence-corrected chi connectivity index (χ1v) is 6.61. The Hall–Kier alpha value is -2.69. The fraction of sp³-hybridized carbons (Fsp3) is 0.125. The molecule has 1 aromatic heterocycles. The third kappa shape index (κ3) is 2.50. The van der Waals surface area contributed by atoms with E-state index in [4.69, 9.17) is 0 Å². The number of benzene rings is 1. The molecule has 2 aromatic rings. The highest BCUT2D eigenvalue weighted by Crippen LogP contribution is 2.30. The Morgan fingerprint density at radius 2 is 2.10 bits per heavy atom. The van der Waals surface area contributed by atoms with Gasteiger partial charge in [-0.1, -0.05) is 6.08 Å². The lowest BCUT2D eigenvalue weighted by atomic mass is 10.0. The number of allylic oxidation sites excluding steroid dienone is 3. The van der Waals surface area contributed by atoms with Crippen LogP contribution in [-0.4, -0.2) is 16.6 Å². The first kappa shape index (κ1) is 13.3. The van der Waals surface area contributed by atoms with Gasteiger partial charge in [0, 0.05) is 16.8 Å². The van der Waals surface area contributed by atoms with E-state index in [2.05, 4.69) is 15.5 Å². The Labute approximate surface area is 121 Å². The molecule has 21 heavy (non-hydrogen) atoms. The molecule has 0 atom stereocenters. The number of carbonyl (C=O) groups is 1. The summed E-state index contributed by atoms with van der Waals surface area (Å²) in [5.41, 5.74) is 5.39. The second-order valence-electron chi connectivity index (χ2n) is 4.89. The second kappa shape index (κ2) is 5.36. The highest BCUT2D eigenvalue weighted by atomic mass is 19.1. The van der Waals surface area contributed by atoms with Gasteiger partial charge in [0.2, 0.25) is 6.41 Å². The van der Waals surface area contributed by atoms with Crippen molar-refractivity contribution in [3.05, 3.63) is 59.2 Å². The maximum atomic E-state index is 13.0. The summed E-state index contributed by atoms with van der Waals surface area (Å²) in [4.78, 5) is 10.6. The van der Waals surface area contributed by atoms with Gasteiger partial charge in [-0.15, -0.1) is 0 Å². The van der Waals surface area contributed by atoms with Crippen molar-refractivity contribution in [2.24, 2.45) is 0 Å². The molecule has 0 spiro atoms. The lowest BCUT2D eigenvalue weighted by Gasteiger charge is -2.03. The number of hydrogen-bond donors (Lipinski definition) is 2. The topological polar surface area (TPSA) is 57.8 Å². The summed E-state index contributed by atoms with van der Waals surface area (Å²) < 4.78 is 13.0. The number of halogens is 1. The summed E-state index contributed by atoms with van der Waals surface area (Å²) >= 11 is 0. The number of fused-ring (bicyclic) bond motifs is 1. The van der Waals surface area contributed by atoms with Crippen molar-refractivity contribution < 1.29 is 9.18 Å². The number of carbonyl (C=O) groups excluding carboxylic acids is 1. The maximum Gasteiger partial charge on any atom is 0.211 e. The van der Waals surface area contributed by atoms with Gasteiger partial charge in [-0.2, -0.15) is 5.10 Å². The van der Waals surface area contributed by atoms with Crippen molar-refractivity contribution in [1.82, 2.24) is 15.5 Å². The molecule has 0 saturated heterocycles. The van der Waals surface area contributed by atoms with Crippen molar-refractivity contribution in [3.8, 4) is 11.3 Å². The van der Waals surface area contributed by atoms with E-state index in [9.17, 15) is 9.18 Å². The number of H-pyrrole nitrogens is 1. The highest BCUT2D eigenvalue weighted by Gasteiger charge is 2.17. The molecule has 0 saturated carbocycles. The molecule has 4 nitrogen and oxygen atoms in total. The zero-order chi connectivity index (χ0) is 14.8. The Morgan fingerprint density at radius 1 is 1.33 bits per heavy atom. The Kier molecular flexibility index (Phi) is 3.39. The molecule has 5 heteroatoms. The van der Waals surface area contributed by atoms with Crippen LogP contribution in [0, 0.1) is 5.82 Å². The van der Waals surface area contributed by atoms with Crippen LogP contribution in [0.15, 0.2) is 42.1 Å². The fourth-order valence-corrected chi connectivity index (χ4v) is 2.49. The van der Waals surface area contributed by atoms with E-state index >= 15 is 0 Å². The van der Waals surface area contributed by atoms with E-state index in [1.165, 1.54) is 12.1 Å². The van der Waals surface area contributed by atoms with Gasteiger partial charge in [0.1, 0.15) is 5.82 Å². The van der Waals surface area contributed by atoms with Crippen molar-refractivity contribution >= 4 is 12.0 Å². The Balaban J connectivity index is 2.05. The zero-order valence-electron chi connectivity index (χ0n) is 11.5. The molecule has 0 fully saturated rings. The molecular weight excluding hydrogens is 269 g/mol. The lowest BCUT2D eigenvalue weighted by molar-refractivity contribution is -0.108. The van der Waals surface area contributed by atoms with Gasteiger partial charge < -0.3 is 5.32 Å². The van der Waals surface area contributed by atoms with Gasteiger partial charge >= 0.3 is 0 Å². The van der Waals surface area contributed by atoms with Gasteiger partial charge in [-0.25, -0.2) is 4.39 Å². The molecule has 0 aliphatic heterocycles. The number of amides is 1. The van der Waals surface area contributed by atoms with Gasteiger partial charge in [0.15, 0.2) is 0 Å². The highest BCUT2D eigenvalue weighted by molar-refractivity contribution is 5.75. The largest absolute Gasteiger partial charge is 0.329 e. The summed E-state index contributed by atoms with van der Waals surface area (Å²) in [6, 6.07) is 6.30. The Morgan fingerprint density at radius 3 is 2.81 bits per heavy atom. The predicted octanol–water partition coefficient (Wildman–Crippen LogP) is 2.81. The van der Waals surface area contributed by atoms with Crippen LogP contribution in [0.1, 0.15) is 18.2 Å². The van der Waals surface area contributed by atoms with Crippen LogP contribution in [0.4, 0.5) is 4.39 Å². The van der Waals surface area contributed by atoms with E-state index in [0.717, 1.165) is 33.8 Å². The number of nitrogens with zero attached hydrogens (tertiary/aromatic N) is 1. The van der Waals surface area contributed by atoms with Crippen LogP contribution in [-0.2, 0) is 11.2 Å². The normalized spacial score (nSPS) is 13.8. The average Bonchev–Trinajstić information content (AvgIpc) is 2.83. The molecule has 1 aliphatic rings. The third-order valence-corrected chi connectivity index (χ3v) is 3.50. The van der Waals surface area contributed by atoms with Crippen molar-refractivity contribution in [3.63, 3.8) is 0 Å². The van der Waals surface area contributed by atoms with Crippen LogP contribution in [0.3, 0.4) is 0 Å². The zero-order valence-corrected chi connectivity index (χ0v) is 11.5. The molecule has 0 radical (unpaired) electrons. The predicted molar refractivity (Wildman–Crippen MR) is 78.6 cm³/mol. The molecule has 106 valence electrons. The summed E-state index contributed by atoms with van der Waals surface area (Å²) in [6.07, 6.45) is 5.12. The summed E-state index contributed by atoms with van der Waals surface area (Å²) in [7, 11) is 0. The number of aromatic nitrogens is 2. The van der Waals surface area contributed by atoms with E-state index in [0.29, 0.717) is 12.8 Å². The minimum atomic E-state index is -0.266. The first-order valence-electron chi connectivity index (χ1n) is 6.61. The Bertz CT molecular complexity index is 741. The van der Waals surface area contributed by atoms with Crippen LogP contribution in [0.5, 0.6) is 0 Å². The van der Waals surface area contributed by atoms with E-state index in [-0.39, 0.29) is 5.82 Å².